The molecule has 1 aliphatic heterocycles. The highest BCUT2D eigenvalue weighted by Crippen LogP contribution is 2.11. The number of rotatable bonds is 2. The minimum absolute atomic E-state index is 0.0664. The van der Waals surface area contributed by atoms with Crippen molar-refractivity contribution in [1.82, 2.24) is 4.90 Å². The van der Waals surface area contributed by atoms with Crippen molar-refractivity contribution >= 4 is 5.91 Å². The maximum atomic E-state index is 11.4. The Morgan fingerprint density at radius 3 is 3.08 bits per heavy atom. The molecule has 72 valence electrons. The molecule has 0 spiro atoms. The second kappa shape index (κ2) is 4.88. The highest BCUT2D eigenvalue weighted by molar-refractivity contribution is 5.76. The molecule has 1 rings (SSSR count). The van der Waals surface area contributed by atoms with Gasteiger partial charge in [-0.3, -0.25) is 4.79 Å². The number of carbonyl (C=O) groups excluding carboxylic acids is 1. The first-order chi connectivity index (χ1) is 6.24. The van der Waals surface area contributed by atoms with E-state index in [1.54, 1.807) is 4.90 Å². The van der Waals surface area contributed by atoms with Gasteiger partial charge in [-0.25, -0.2) is 0 Å². The summed E-state index contributed by atoms with van der Waals surface area (Å²) in [5, 5.41) is 9.32. The quantitative estimate of drug-likeness (QED) is 0.626. The van der Waals surface area contributed by atoms with Crippen LogP contribution in [0.2, 0.25) is 0 Å². The first-order valence-electron chi connectivity index (χ1n) is 4.63. The van der Waals surface area contributed by atoms with E-state index >= 15 is 0 Å². The molecular formula is C10H15NO2. The van der Waals surface area contributed by atoms with Crippen molar-refractivity contribution in [2.24, 2.45) is 0 Å². The van der Waals surface area contributed by atoms with Crippen molar-refractivity contribution in [2.75, 3.05) is 13.1 Å². The van der Waals surface area contributed by atoms with Crippen LogP contribution in [0.15, 0.2) is 0 Å². The predicted molar refractivity (Wildman–Crippen MR) is 49.9 cm³/mol. The van der Waals surface area contributed by atoms with Crippen molar-refractivity contribution in [2.45, 2.75) is 31.8 Å². The zero-order chi connectivity index (χ0) is 9.68. The summed E-state index contributed by atoms with van der Waals surface area (Å²) in [7, 11) is 0. The fourth-order valence-electron chi connectivity index (χ4n) is 1.52. The Morgan fingerprint density at radius 2 is 2.46 bits per heavy atom. The molecule has 3 nitrogen and oxygen atoms in total. The van der Waals surface area contributed by atoms with E-state index < -0.39 is 0 Å². The molecular weight excluding hydrogens is 166 g/mol. The minimum atomic E-state index is -0.344. The zero-order valence-corrected chi connectivity index (χ0v) is 7.70. The highest BCUT2D eigenvalue weighted by atomic mass is 16.3. The van der Waals surface area contributed by atoms with Gasteiger partial charge in [0.15, 0.2) is 0 Å². The molecule has 1 amide bonds. The van der Waals surface area contributed by atoms with Crippen LogP contribution >= 0.6 is 0 Å². The number of hydrogen-bond acceptors (Lipinski definition) is 2. The molecule has 13 heavy (non-hydrogen) atoms. The average Bonchev–Trinajstić information content (AvgIpc) is 2.14. The highest BCUT2D eigenvalue weighted by Gasteiger charge is 2.20. The summed E-state index contributed by atoms with van der Waals surface area (Å²) in [6, 6.07) is 0. The minimum Gasteiger partial charge on any atom is -0.391 e. The van der Waals surface area contributed by atoms with Gasteiger partial charge < -0.3 is 10.0 Å². The molecule has 1 aliphatic rings. The van der Waals surface area contributed by atoms with E-state index in [0.29, 0.717) is 19.4 Å². The van der Waals surface area contributed by atoms with E-state index in [9.17, 15) is 9.90 Å². The Morgan fingerprint density at radius 1 is 1.69 bits per heavy atom. The summed E-state index contributed by atoms with van der Waals surface area (Å²) in [6.45, 7) is 1.24. The van der Waals surface area contributed by atoms with Crippen LogP contribution in [0.3, 0.4) is 0 Å². The third-order valence-corrected chi connectivity index (χ3v) is 2.23. The van der Waals surface area contributed by atoms with E-state index in [1.807, 2.05) is 0 Å². The van der Waals surface area contributed by atoms with Crippen molar-refractivity contribution in [3.63, 3.8) is 0 Å². The van der Waals surface area contributed by atoms with Gasteiger partial charge in [0.1, 0.15) is 0 Å². The number of likely N-dealkylation sites (tertiary alicyclic amines) is 1. The molecule has 1 heterocycles. The summed E-state index contributed by atoms with van der Waals surface area (Å²) in [5.41, 5.74) is 0. The van der Waals surface area contributed by atoms with Gasteiger partial charge in [-0.15, -0.1) is 12.3 Å². The van der Waals surface area contributed by atoms with Gasteiger partial charge >= 0.3 is 0 Å². The van der Waals surface area contributed by atoms with Gasteiger partial charge in [0.25, 0.3) is 0 Å². The van der Waals surface area contributed by atoms with Crippen LogP contribution in [0.1, 0.15) is 25.7 Å². The van der Waals surface area contributed by atoms with Crippen molar-refractivity contribution in [3.05, 3.63) is 0 Å². The first kappa shape index (κ1) is 10.1. The normalized spacial score (nSPS) is 22.5. The van der Waals surface area contributed by atoms with Crippen molar-refractivity contribution < 1.29 is 9.90 Å². The van der Waals surface area contributed by atoms with Crippen LogP contribution in [-0.2, 0) is 4.79 Å². The first-order valence-corrected chi connectivity index (χ1v) is 4.63. The lowest BCUT2D eigenvalue weighted by molar-refractivity contribution is -0.134. The number of aliphatic hydroxyl groups excluding tert-OH is 1. The van der Waals surface area contributed by atoms with Crippen LogP contribution in [-0.4, -0.2) is 35.1 Å². The third-order valence-electron chi connectivity index (χ3n) is 2.23. The van der Waals surface area contributed by atoms with E-state index in [0.717, 1.165) is 19.4 Å². The average molecular weight is 181 g/mol. The number of nitrogens with zero attached hydrogens (tertiary/aromatic N) is 1. The Bertz CT molecular complexity index is 219. The molecule has 3 heteroatoms. The van der Waals surface area contributed by atoms with Gasteiger partial charge in [-0.1, -0.05) is 0 Å². The number of piperidine rings is 1. The summed E-state index contributed by atoms with van der Waals surface area (Å²) >= 11 is 0. The number of amides is 1. The van der Waals surface area contributed by atoms with E-state index in [2.05, 4.69) is 5.92 Å². The van der Waals surface area contributed by atoms with Gasteiger partial charge in [0.2, 0.25) is 5.91 Å². The maximum absolute atomic E-state index is 11.4. The number of β-amino-alcohol motifs (C(OH)–C–C–N with tert-alkyl or cyclic N) is 1. The molecule has 1 saturated heterocycles. The Labute approximate surface area is 78.7 Å². The number of carbonyl (C=O) groups is 1. The van der Waals surface area contributed by atoms with Crippen LogP contribution in [0.4, 0.5) is 0 Å². The summed E-state index contributed by atoms with van der Waals surface area (Å²) in [5.74, 6) is 2.51. The van der Waals surface area contributed by atoms with E-state index in [1.165, 1.54) is 0 Å². The molecule has 0 radical (unpaired) electrons. The van der Waals surface area contributed by atoms with Crippen LogP contribution < -0.4 is 0 Å². The molecule has 1 N–H and O–H groups in total. The van der Waals surface area contributed by atoms with Crippen LogP contribution in [0, 0.1) is 12.3 Å². The molecule has 1 atom stereocenters. The molecule has 0 aliphatic carbocycles. The monoisotopic (exact) mass is 181 g/mol. The van der Waals surface area contributed by atoms with Crippen LogP contribution in [0.25, 0.3) is 0 Å². The SMILES string of the molecule is C#CCCC(=O)N1CCCC(O)C1. The molecule has 1 unspecified atom stereocenters. The standard InChI is InChI=1S/C10H15NO2/c1-2-3-6-10(13)11-7-4-5-9(12)8-11/h1,9,12H,3-8H2. The summed E-state index contributed by atoms with van der Waals surface area (Å²) < 4.78 is 0. The molecule has 0 aromatic rings. The maximum Gasteiger partial charge on any atom is 0.223 e. The van der Waals surface area contributed by atoms with Gasteiger partial charge in [-0.2, -0.15) is 0 Å². The molecule has 0 saturated carbocycles. The molecule has 0 aromatic heterocycles. The smallest absolute Gasteiger partial charge is 0.223 e. The van der Waals surface area contributed by atoms with Crippen molar-refractivity contribution in [3.8, 4) is 12.3 Å². The Balaban J connectivity index is 2.33. The van der Waals surface area contributed by atoms with E-state index in [4.69, 9.17) is 6.42 Å². The zero-order valence-electron chi connectivity index (χ0n) is 7.70. The fraction of sp³-hybridized carbons (Fsp3) is 0.700. The molecule has 1 fully saturated rings. The van der Waals surface area contributed by atoms with Crippen molar-refractivity contribution in [1.29, 1.82) is 0 Å². The third kappa shape index (κ3) is 3.08. The number of terminal acetylenes is 1. The van der Waals surface area contributed by atoms with Gasteiger partial charge in [0.05, 0.1) is 6.10 Å². The van der Waals surface area contributed by atoms with Gasteiger partial charge in [0, 0.05) is 25.9 Å². The van der Waals surface area contributed by atoms with Crippen LogP contribution in [0.5, 0.6) is 0 Å². The predicted octanol–water partition coefficient (Wildman–Crippen LogP) is 0.383. The lowest BCUT2D eigenvalue weighted by Gasteiger charge is -2.29. The lowest BCUT2D eigenvalue weighted by Crippen LogP contribution is -2.42. The second-order valence-electron chi connectivity index (χ2n) is 3.34. The Hall–Kier alpha value is -1.01. The van der Waals surface area contributed by atoms with E-state index in [-0.39, 0.29) is 12.0 Å². The Kier molecular flexibility index (Phi) is 3.78. The molecule has 0 aromatic carbocycles. The summed E-state index contributed by atoms with van der Waals surface area (Å²) in [4.78, 5) is 13.1. The largest absolute Gasteiger partial charge is 0.391 e. The lowest BCUT2D eigenvalue weighted by atomic mass is 10.1. The summed E-state index contributed by atoms with van der Waals surface area (Å²) in [6.07, 6.45) is 7.31. The second-order valence-corrected chi connectivity index (χ2v) is 3.34. The number of aliphatic hydroxyl groups is 1. The fourth-order valence-corrected chi connectivity index (χ4v) is 1.52. The number of hydrogen-bond donors (Lipinski definition) is 1. The topological polar surface area (TPSA) is 40.5 Å². The van der Waals surface area contributed by atoms with Gasteiger partial charge in [-0.05, 0) is 12.8 Å². The molecule has 0 bridgehead atoms.